The van der Waals surface area contributed by atoms with Crippen LogP contribution in [0.3, 0.4) is 0 Å². The predicted molar refractivity (Wildman–Crippen MR) is 79.2 cm³/mol. The number of benzene rings is 1. The van der Waals surface area contributed by atoms with Gasteiger partial charge in [-0.25, -0.2) is 0 Å². The molecule has 1 heterocycles. The molecule has 0 spiro atoms. The molecule has 0 aliphatic heterocycles. The third-order valence-electron chi connectivity index (χ3n) is 2.56. The first kappa shape index (κ1) is 12.8. The first-order valence-corrected chi connectivity index (χ1v) is 6.65. The molecule has 2 nitrogen and oxygen atoms in total. The van der Waals surface area contributed by atoms with Gasteiger partial charge in [-0.2, -0.15) is 0 Å². The lowest BCUT2D eigenvalue weighted by Gasteiger charge is -2.13. The highest BCUT2D eigenvalue weighted by Crippen LogP contribution is 2.25. The zero-order valence-corrected chi connectivity index (χ0v) is 12.2. The van der Waals surface area contributed by atoms with E-state index >= 15 is 0 Å². The van der Waals surface area contributed by atoms with E-state index in [0.717, 1.165) is 25.3 Å². The topological polar surface area (TPSA) is 38.9 Å². The van der Waals surface area contributed by atoms with Crippen molar-refractivity contribution in [1.82, 2.24) is 4.98 Å². The zero-order chi connectivity index (χ0) is 12.4. The van der Waals surface area contributed by atoms with E-state index in [2.05, 4.69) is 27.6 Å². The van der Waals surface area contributed by atoms with Crippen molar-refractivity contribution in [3.8, 4) is 0 Å². The normalized spacial score (nSPS) is 12.5. The molecule has 0 saturated heterocycles. The van der Waals surface area contributed by atoms with E-state index in [1.54, 1.807) is 6.20 Å². The van der Waals surface area contributed by atoms with Gasteiger partial charge < -0.3 is 5.73 Å². The lowest BCUT2D eigenvalue weighted by Crippen LogP contribution is -2.12. The smallest absolute Gasteiger partial charge is 0.0567 e. The number of aromatic nitrogens is 1. The highest BCUT2D eigenvalue weighted by Gasteiger charge is 2.10. The maximum Gasteiger partial charge on any atom is 0.0567 e. The minimum absolute atomic E-state index is 0.183. The highest BCUT2D eigenvalue weighted by atomic mass is 127. The van der Waals surface area contributed by atoms with Crippen LogP contribution >= 0.6 is 34.2 Å². The molecule has 0 radical (unpaired) electrons. The molecule has 17 heavy (non-hydrogen) atoms. The molecule has 2 aromatic rings. The molecule has 2 N–H and O–H groups in total. The first-order chi connectivity index (χ1) is 8.08. The van der Waals surface area contributed by atoms with Crippen molar-refractivity contribution in [1.29, 1.82) is 0 Å². The Morgan fingerprint density at radius 3 is 2.65 bits per heavy atom. The fraction of sp³-hybridized carbons (Fsp3) is 0.154. The third-order valence-corrected chi connectivity index (χ3v) is 4.13. The molecule has 0 fully saturated rings. The summed E-state index contributed by atoms with van der Waals surface area (Å²) in [7, 11) is 0. The van der Waals surface area contributed by atoms with E-state index in [1.807, 2.05) is 37.4 Å². The third kappa shape index (κ3) is 2.97. The van der Waals surface area contributed by atoms with Gasteiger partial charge in [0.2, 0.25) is 0 Å². The molecule has 0 saturated carbocycles. The Hall–Kier alpha value is -0.650. The summed E-state index contributed by atoms with van der Waals surface area (Å²) in [5, 5.41) is 0.735. The Morgan fingerprint density at radius 1 is 1.24 bits per heavy atom. The van der Waals surface area contributed by atoms with Gasteiger partial charge in [0.05, 0.1) is 11.1 Å². The van der Waals surface area contributed by atoms with Crippen LogP contribution in [0.25, 0.3) is 0 Å². The van der Waals surface area contributed by atoms with Crippen LogP contribution in [0.15, 0.2) is 36.7 Å². The van der Waals surface area contributed by atoms with E-state index in [0.29, 0.717) is 0 Å². The molecule has 1 unspecified atom stereocenters. The van der Waals surface area contributed by atoms with Crippen LogP contribution in [0.5, 0.6) is 0 Å². The summed E-state index contributed by atoms with van der Waals surface area (Å²) in [5.41, 5.74) is 9.31. The van der Waals surface area contributed by atoms with E-state index in [-0.39, 0.29) is 6.04 Å². The van der Waals surface area contributed by atoms with Crippen LogP contribution in [0.2, 0.25) is 5.02 Å². The van der Waals surface area contributed by atoms with Crippen LogP contribution in [-0.2, 0) is 0 Å². The van der Waals surface area contributed by atoms with E-state index < -0.39 is 0 Å². The molecule has 1 aromatic heterocycles. The SMILES string of the molecule is Cc1cncc(C(N)c2ccc(I)c(Cl)c2)c1. The van der Waals surface area contributed by atoms with Crippen molar-refractivity contribution in [3.05, 3.63) is 61.9 Å². The largest absolute Gasteiger partial charge is 0.320 e. The summed E-state index contributed by atoms with van der Waals surface area (Å²) in [6.45, 7) is 2.00. The van der Waals surface area contributed by atoms with Crippen molar-refractivity contribution < 1.29 is 0 Å². The van der Waals surface area contributed by atoms with Gasteiger partial charge in [-0.05, 0) is 58.3 Å². The average molecular weight is 359 g/mol. The maximum absolute atomic E-state index is 6.20. The van der Waals surface area contributed by atoms with Gasteiger partial charge in [0.1, 0.15) is 0 Å². The monoisotopic (exact) mass is 358 g/mol. The molecule has 0 amide bonds. The standard InChI is InChI=1S/C13H12ClIN2/c1-8-4-10(7-17-6-8)13(16)9-2-3-12(15)11(14)5-9/h2-7,13H,16H2,1H3. The molecule has 0 bridgehead atoms. The Kier molecular flexibility index (Phi) is 4.01. The van der Waals surface area contributed by atoms with Crippen LogP contribution in [0.1, 0.15) is 22.7 Å². The van der Waals surface area contributed by atoms with E-state index in [1.165, 1.54) is 0 Å². The average Bonchev–Trinajstić information content (AvgIpc) is 2.32. The predicted octanol–water partition coefficient (Wildman–Crippen LogP) is 3.70. The van der Waals surface area contributed by atoms with Gasteiger partial charge in [-0.1, -0.05) is 23.7 Å². The fourth-order valence-corrected chi connectivity index (χ4v) is 2.17. The van der Waals surface area contributed by atoms with Gasteiger partial charge in [-0.3, -0.25) is 4.98 Å². The fourth-order valence-electron chi connectivity index (χ4n) is 1.65. The Balaban J connectivity index is 2.36. The number of rotatable bonds is 2. The van der Waals surface area contributed by atoms with Gasteiger partial charge in [0.25, 0.3) is 0 Å². The lowest BCUT2D eigenvalue weighted by molar-refractivity contribution is 0.860. The van der Waals surface area contributed by atoms with Crippen molar-refractivity contribution in [2.45, 2.75) is 13.0 Å². The van der Waals surface area contributed by atoms with Crippen molar-refractivity contribution in [2.75, 3.05) is 0 Å². The Bertz CT molecular complexity index is 543. The minimum Gasteiger partial charge on any atom is -0.320 e. The molecule has 0 aliphatic carbocycles. The molecule has 4 heteroatoms. The number of hydrogen-bond acceptors (Lipinski definition) is 2. The molecular formula is C13H12ClIN2. The quantitative estimate of drug-likeness (QED) is 0.832. The molecule has 88 valence electrons. The highest BCUT2D eigenvalue weighted by molar-refractivity contribution is 14.1. The second-order valence-corrected chi connectivity index (χ2v) is 5.52. The molecule has 1 aromatic carbocycles. The molecule has 0 aliphatic rings. The minimum atomic E-state index is -0.183. The van der Waals surface area contributed by atoms with E-state index in [4.69, 9.17) is 17.3 Å². The van der Waals surface area contributed by atoms with Gasteiger partial charge in [0, 0.05) is 16.0 Å². The number of halogens is 2. The second-order valence-electron chi connectivity index (χ2n) is 3.95. The summed E-state index contributed by atoms with van der Waals surface area (Å²) >= 11 is 8.30. The number of aryl methyl sites for hydroxylation is 1. The van der Waals surface area contributed by atoms with Crippen LogP contribution < -0.4 is 5.73 Å². The van der Waals surface area contributed by atoms with Crippen molar-refractivity contribution in [2.24, 2.45) is 5.73 Å². The lowest BCUT2D eigenvalue weighted by atomic mass is 10.0. The number of nitrogens with two attached hydrogens (primary N) is 1. The number of hydrogen-bond donors (Lipinski definition) is 1. The second kappa shape index (κ2) is 5.33. The molecule has 2 rings (SSSR count). The Labute approximate surface area is 119 Å². The van der Waals surface area contributed by atoms with E-state index in [9.17, 15) is 0 Å². The summed E-state index contributed by atoms with van der Waals surface area (Å²) in [6.07, 6.45) is 3.61. The number of pyridine rings is 1. The molecular weight excluding hydrogens is 347 g/mol. The van der Waals surface area contributed by atoms with Crippen molar-refractivity contribution >= 4 is 34.2 Å². The van der Waals surface area contributed by atoms with Crippen molar-refractivity contribution in [3.63, 3.8) is 0 Å². The van der Waals surface area contributed by atoms with Crippen LogP contribution in [0, 0.1) is 10.5 Å². The zero-order valence-electron chi connectivity index (χ0n) is 9.32. The summed E-state index contributed by atoms with van der Waals surface area (Å²) in [5.74, 6) is 0. The first-order valence-electron chi connectivity index (χ1n) is 5.20. The summed E-state index contributed by atoms with van der Waals surface area (Å²) in [4.78, 5) is 4.16. The number of nitrogens with zero attached hydrogens (tertiary/aromatic N) is 1. The van der Waals surface area contributed by atoms with Gasteiger partial charge in [-0.15, -0.1) is 0 Å². The summed E-state index contributed by atoms with van der Waals surface area (Å²) < 4.78 is 1.03. The Morgan fingerprint density at radius 2 is 2.00 bits per heavy atom. The van der Waals surface area contributed by atoms with Crippen LogP contribution in [0.4, 0.5) is 0 Å². The maximum atomic E-state index is 6.20. The summed E-state index contributed by atoms with van der Waals surface area (Å²) in [6, 6.07) is 7.75. The molecule has 1 atom stereocenters. The van der Waals surface area contributed by atoms with Gasteiger partial charge >= 0.3 is 0 Å². The van der Waals surface area contributed by atoms with Crippen LogP contribution in [-0.4, -0.2) is 4.98 Å². The van der Waals surface area contributed by atoms with Gasteiger partial charge in [0.15, 0.2) is 0 Å².